The van der Waals surface area contributed by atoms with E-state index in [1.807, 2.05) is 0 Å². The molecular formula is C15H12ClN2O4. The zero-order chi connectivity index (χ0) is 15.9. The van der Waals surface area contributed by atoms with Gasteiger partial charge in [-0.05, 0) is 23.1 Å². The van der Waals surface area contributed by atoms with Crippen LogP contribution < -0.4 is 5.32 Å². The number of benzene rings is 2. The van der Waals surface area contributed by atoms with Crippen LogP contribution in [-0.2, 0) is 4.74 Å². The van der Waals surface area contributed by atoms with Crippen molar-refractivity contribution in [3.8, 4) is 0 Å². The molecule has 22 heavy (non-hydrogen) atoms. The van der Waals surface area contributed by atoms with Gasteiger partial charge >= 0.3 is 5.97 Å². The zero-order valence-electron chi connectivity index (χ0n) is 11.7. The van der Waals surface area contributed by atoms with E-state index in [-0.39, 0.29) is 17.2 Å². The molecule has 1 radical (unpaired) electrons. The second kappa shape index (κ2) is 5.46. The number of methoxy groups -OCH3 is 1. The Balaban J connectivity index is 2.36. The van der Waals surface area contributed by atoms with Crippen LogP contribution in [0.3, 0.4) is 0 Å². The first kappa shape index (κ1) is 14.6. The van der Waals surface area contributed by atoms with Crippen molar-refractivity contribution >= 4 is 39.7 Å². The van der Waals surface area contributed by atoms with E-state index in [1.165, 1.54) is 13.2 Å². The van der Waals surface area contributed by atoms with Crippen LogP contribution in [0.1, 0.15) is 21.8 Å². The highest BCUT2D eigenvalue weighted by atomic mass is 35.5. The van der Waals surface area contributed by atoms with Gasteiger partial charge in [0.1, 0.15) is 0 Å². The van der Waals surface area contributed by atoms with E-state index in [4.69, 9.17) is 11.6 Å². The first-order valence-electron chi connectivity index (χ1n) is 6.63. The number of hydrogen-bond donors (Lipinski definition) is 0. The van der Waals surface area contributed by atoms with E-state index in [9.17, 15) is 14.9 Å². The van der Waals surface area contributed by atoms with Crippen molar-refractivity contribution in [2.45, 2.75) is 5.92 Å². The Kier molecular flexibility index (Phi) is 3.62. The lowest BCUT2D eigenvalue weighted by molar-refractivity contribution is -0.383. The summed E-state index contributed by atoms with van der Waals surface area (Å²) in [5.74, 6) is -0.321. The van der Waals surface area contributed by atoms with Crippen LogP contribution in [0.5, 0.6) is 0 Å². The molecule has 6 nitrogen and oxygen atoms in total. The molecule has 0 aromatic heterocycles. The van der Waals surface area contributed by atoms with E-state index in [1.54, 1.807) is 18.2 Å². The summed E-state index contributed by atoms with van der Waals surface area (Å²) in [7, 11) is 1.24. The molecule has 1 heterocycles. The highest BCUT2D eigenvalue weighted by Crippen LogP contribution is 2.42. The first-order valence-corrected chi connectivity index (χ1v) is 7.17. The van der Waals surface area contributed by atoms with Crippen molar-refractivity contribution < 1.29 is 14.5 Å². The van der Waals surface area contributed by atoms with Crippen LogP contribution in [0.2, 0.25) is 0 Å². The van der Waals surface area contributed by atoms with Gasteiger partial charge in [0.25, 0.3) is 5.69 Å². The maximum atomic E-state index is 11.7. The topological polar surface area (TPSA) is 83.5 Å². The summed E-state index contributed by atoms with van der Waals surface area (Å²) in [5, 5.41) is 17.0. The van der Waals surface area contributed by atoms with Gasteiger partial charge in [-0.15, -0.1) is 11.6 Å². The Bertz CT molecular complexity index is 791. The van der Waals surface area contributed by atoms with E-state index in [2.05, 4.69) is 10.1 Å². The molecule has 0 amide bonds. The fourth-order valence-electron chi connectivity index (χ4n) is 2.82. The molecule has 0 N–H and O–H groups in total. The van der Waals surface area contributed by atoms with Gasteiger partial charge < -0.3 is 4.74 Å². The summed E-state index contributed by atoms with van der Waals surface area (Å²) in [6.07, 6.45) is 0. The second-order valence-corrected chi connectivity index (χ2v) is 5.34. The van der Waals surface area contributed by atoms with Crippen LogP contribution >= 0.6 is 11.6 Å². The van der Waals surface area contributed by atoms with Gasteiger partial charge in [-0.2, -0.15) is 0 Å². The highest BCUT2D eigenvalue weighted by Gasteiger charge is 2.30. The molecule has 0 saturated carbocycles. The Morgan fingerprint density at radius 2 is 2.27 bits per heavy atom. The van der Waals surface area contributed by atoms with E-state index in [0.717, 1.165) is 11.3 Å². The lowest BCUT2D eigenvalue weighted by Gasteiger charge is -2.11. The SMILES string of the molecule is COC(=O)c1cc([N+](=O)[O-])c2c3c(ccc2c1)[N]CC3CCl. The average Bonchev–Trinajstić information content (AvgIpc) is 2.95. The molecular weight excluding hydrogens is 308 g/mol. The Hall–Kier alpha value is -2.34. The minimum Gasteiger partial charge on any atom is -0.465 e. The smallest absolute Gasteiger partial charge is 0.338 e. The van der Waals surface area contributed by atoms with Crippen LogP contribution in [-0.4, -0.2) is 30.4 Å². The maximum Gasteiger partial charge on any atom is 0.338 e. The van der Waals surface area contributed by atoms with Crippen LogP contribution in [0.15, 0.2) is 24.3 Å². The Morgan fingerprint density at radius 3 is 2.91 bits per heavy atom. The summed E-state index contributed by atoms with van der Waals surface area (Å²) in [4.78, 5) is 22.7. The number of fused-ring (bicyclic) bond motifs is 3. The van der Waals surface area contributed by atoms with E-state index < -0.39 is 10.9 Å². The predicted octanol–water partition coefficient (Wildman–Crippen LogP) is 3.11. The van der Waals surface area contributed by atoms with Gasteiger partial charge in [0.05, 0.1) is 28.7 Å². The lowest BCUT2D eigenvalue weighted by atomic mass is 9.93. The summed E-state index contributed by atoms with van der Waals surface area (Å²) < 4.78 is 4.65. The summed E-state index contributed by atoms with van der Waals surface area (Å²) in [6.45, 7) is 0.522. The van der Waals surface area contributed by atoms with Crippen molar-refractivity contribution in [2.75, 3.05) is 19.5 Å². The van der Waals surface area contributed by atoms with Crippen molar-refractivity contribution in [1.29, 1.82) is 0 Å². The molecule has 0 saturated heterocycles. The molecule has 0 fully saturated rings. The molecule has 0 aliphatic carbocycles. The molecule has 113 valence electrons. The van der Waals surface area contributed by atoms with Crippen LogP contribution in [0.25, 0.3) is 10.8 Å². The molecule has 0 spiro atoms. The number of ether oxygens (including phenoxy) is 1. The van der Waals surface area contributed by atoms with Gasteiger partial charge in [-0.25, -0.2) is 4.79 Å². The largest absolute Gasteiger partial charge is 0.465 e. The first-order chi connectivity index (χ1) is 10.6. The number of alkyl halides is 1. The number of hydrogen-bond acceptors (Lipinski definition) is 4. The van der Waals surface area contributed by atoms with Gasteiger partial charge in [0.15, 0.2) is 0 Å². The maximum absolute atomic E-state index is 11.7. The molecule has 1 aliphatic heterocycles. The number of nitro groups is 1. The fraction of sp³-hybridized carbons (Fsp3) is 0.267. The van der Waals surface area contributed by atoms with Gasteiger partial charge in [0.2, 0.25) is 0 Å². The highest BCUT2D eigenvalue weighted by molar-refractivity contribution is 6.18. The van der Waals surface area contributed by atoms with E-state index >= 15 is 0 Å². The van der Waals surface area contributed by atoms with E-state index in [0.29, 0.717) is 23.2 Å². The number of nitro benzene ring substituents is 1. The van der Waals surface area contributed by atoms with Gasteiger partial charge in [-0.1, -0.05) is 6.07 Å². The monoisotopic (exact) mass is 319 g/mol. The standard InChI is InChI=1S/C15H12ClN2O4/c1-22-15(19)9-4-8-2-3-11-13(10(6-16)7-17-11)14(8)12(5-9)18(20)21/h2-5,10H,6-7H2,1H3. The number of halogens is 1. The van der Waals surface area contributed by atoms with Crippen molar-refractivity contribution in [3.05, 3.63) is 45.5 Å². The van der Waals surface area contributed by atoms with Crippen LogP contribution in [0.4, 0.5) is 11.4 Å². The molecule has 1 atom stereocenters. The zero-order valence-corrected chi connectivity index (χ0v) is 12.5. The number of carbonyl (C=O) groups is 1. The minimum absolute atomic E-state index is 0.0527. The number of non-ortho nitro benzene ring substituents is 1. The number of esters is 1. The average molecular weight is 320 g/mol. The Morgan fingerprint density at radius 1 is 1.50 bits per heavy atom. The number of nitrogens with zero attached hydrogens (tertiary/aromatic N) is 2. The third-order valence-corrected chi connectivity index (χ3v) is 4.18. The third-order valence-electron chi connectivity index (χ3n) is 3.81. The summed E-state index contributed by atoms with van der Waals surface area (Å²) in [5.41, 5.74) is 1.55. The van der Waals surface area contributed by atoms with Gasteiger partial charge in [-0.3, -0.25) is 15.4 Å². The molecule has 2 aromatic carbocycles. The molecule has 7 heteroatoms. The van der Waals surface area contributed by atoms with Crippen molar-refractivity contribution in [3.63, 3.8) is 0 Å². The van der Waals surface area contributed by atoms with Crippen LogP contribution in [0, 0.1) is 10.1 Å². The number of rotatable bonds is 3. The molecule has 3 rings (SSSR count). The lowest BCUT2D eigenvalue weighted by Crippen LogP contribution is -2.05. The fourth-order valence-corrected chi connectivity index (χ4v) is 3.07. The Labute approximate surface area is 131 Å². The van der Waals surface area contributed by atoms with Crippen molar-refractivity contribution in [2.24, 2.45) is 0 Å². The third kappa shape index (κ3) is 2.16. The number of carbonyl (C=O) groups excluding carboxylic acids is 1. The summed E-state index contributed by atoms with van der Waals surface area (Å²) >= 11 is 5.97. The van der Waals surface area contributed by atoms with Gasteiger partial charge in [0, 0.05) is 24.4 Å². The molecule has 1 unspecified atom stereocenters. The second-order valence-electron chi connectivity index (χ2n) is 5.03. The molecule has 1 aliphatic rings. The summed E-state index contributed by atoms with van der Waals surface area (Å²) in [6, 6.07) is 6.37. The minimum atomic E-state index is -0.607. The molecule has 0 bridgehead atoms. The molecule has 2 aromatic rings. The van der Waals surface area contributed by atoms with Crippen molar-refractivity contribution in [1.82, 2.24) is 5.32 Å². The normalized spacial score (nSPS) is 16.2. The quantitative estimate of drug-likeness (QED) is 0.376. The predicted molar refractivity (Wildman–Crippen MR) is 82.1 cm³/mol.